The molecule has 2 amide bonds. The van der Waals surface area contributed by atoms with Gasteiger partial charge in [-0.15, -0.1) is 0 Å². The monoisotopic (exact) mass is 1320 g/mol. The predicted octanol–water partition coefficient (Wildman–Crippen LogP) is 7.54. The fraction of sp³-hybridized carbons (Fsp3) is 0.485. The first-order valence-corrected chi connectivity index (χ1v) is 33.1. The van der Waals surface area contributed by atoms with Crippen LogP contribution >= 0.6 is 7.60 Å². The molecular formula is C68H84N5O20P. The Kier molecular flexibility index (Phi) is 22.7. The third-order valence-corrected chi connectivity index (χ3v) is 18.9. The first-order valence-electron chi connectivity index (χ1n) is 31.5. The van der Waals surface area contributed by atoms with Crippen molar-refractivity contribution in [1.29, 1.82) is 0 Å². The van der Waals surface area contributed by atoms with E-state index >= 15 is 4.79 Å². The number of phenolic OH excluding ortho intramolecular Hbond substituents is 1. The molecule has 5 bridgehead atoms. The van der Waals surface area contributed by atoms with Gasteiger partial charge < -0.3 is 73.5 Å². The zero-order valence-corrected chi connectivity index (χ0v) is 55.5. The molecule has 0 spiro atoms. The molecule has 4 aromatic carbocycles. The van der Waals surface area contributed by atoms with Crippen LogP contribution in [0.3, 0.4) is 0 Å². The van der Waals surface area contributed by atoms with Gasteiger partial charge in [-0.05, 0) is 68.2 Å². The van der Waals surface area contributed by atoms with E-state index in [4.69, 9.17) is 33.1 Å². The van der Waals surface area contributed by atoms with Gasteiger partial charge in [0.15, 0.2) is 22.4 Å². The van der Waals surface area contributed by atoms with Gasteiger partial charge in [-0.2, -0.15) is 0 Å². The molecule has 506 valence electrons. The number of aromatic hydroxyl groups is 1. The van der Waals surface area contributed by atoms with Gasteiger partial charge in [0.05, 0.1) is 36.0 Å². The molecule has 0 radical (unpaired) electrons. The van der Waals surface area contributed by atoms with Crippen molar-refractivity contribution >= 4 is 99.4 Å². The zero-order chi connectivity index (χ0) is 68.8. The van der Waals surface area contributed by atoms with E-state index in [1.807, 2.05) is 13.8 Å². The fourth-order valence-corrected chi connectivity index (χ4v) is 12.8. The van der Waals surface area contributed by atoms with Crippen LogP contribution in [0.2, 0.25) is 0 Å². The molecule has 5 aromatic rings. The van der Waals surface area contributed by atoms with Crippen LogP contribution in [0, 0.1) is 42.4 Å². The Bertz CT molecular complexity index is 4060. The number of esters is 3. The number of allylic oxidation sites excluding steroid dienone is 3. The van der Waals surface area contributed by atoms with Crippen molar-refractivity contribution in [3.8, 4) is 11.5 Å². The number of nitrogens with zero attached hydrogens (tertiary/aromatic N) is 3. The summed E-state index contributed by atoms with van der Waals surface area (Å²) in [6, 6.07) is 9.07. The van der Waals surface area contributed by atoms with E-state index in [-0.39, 0.29) is 100 Å². The van der Waals surface area contributed by atoms with E-state index in [1.165, 1.54) is 76.4 Å². The van der Waals surface area contributed by atoms with Crippen molar-refractivity contribution in [3.63, 3.8) is 0 Å². The van der Waals surface area contributed by atoms with Gasteiger partial charge in [-0.25, -0.2) is 4.98 Å². The highest BCUT2D eigenvalue weighted by molar-refractivity contribution is 7.53. The zero-order valence-electron chi connectivity index (χ0n) is 54.6. The van der Waals surface area contributed by atoms with Crippen LogP contribution in [0.5, 0.6) is 11.5 Å². The van der Waals surface area contributed by atoms with Gasteiger partial charge in [0, 0.05) is 117 Å². The Balaban J connectivity index is 1.08. The number of piperazine rings is 1. The number of nitrogens with one attached hydrogen (secondary N) is 2. The summed E-state index contributed by atoms with van der Waals surface area (Å²) < 4.78 is 48.1. The minimum atomic E-state index is -4.65. The number of amides is 2. The van der Waals surface area contributed by atoms with Gasteiger partial charge in [0.25, 0.3) is 5.91 Å². The molecule has 94 heavy (non-hydrogen) atoms. The summed E-state index contributed by atoms with van der Waals surface area (Å²) in [7, 11) is -4.65. The van der Waals surface area contributed by atoms with E-state index in [9.17, 15) is 63.2 Å². The molecule has 7 N–H and O–H groups in total. The fourth-order valence-electron chi connectivity index (χ4n) is 12.2. The van der Waals surface area contributed by atoms with Crippen molar-refractivity contribution in [1.82, 2.24) is 9.88 Å². The molecule has 4 aliphatic rings. The van der Waals surface area contributed by atoms with E-state index in [2.05, 4.69) is 34.3 Å². The number of aldehydes is 1. The lowest BCUT2D eigenvalue weighted by Gasteiger charge is -2.38. The van der Waals surface area contributed by atoms with Crippen molar-refractivity contribution in [3.05, 3.63) is 109 Å². The van der Waals surface area contributed by atoms with E-state index in [1.54, 1.807) is 39.0 Å². The van der Waals surface area contributed by atoms with Gasteiger partial charge in [0.1, 0.15) is 46.9 Å². The van der Waals surface area contributed by atoms with Crippen molar-refractivity contribution < 1.29 is 86.5 Å². The third-order valence-electron chi connectivity index (χ3n) is 17.8. The van der Waals surface area contributed by atoms with Crippen LogP contribution < -0.4 is 36.3 Å². The molecule has 26 heteroatoms. The highest BCUT2D eigenvalue weighted by Crippen LogP contribution is 2.44. The SMILES string of the molecule is CC(=O)O[C@H]1[C@H](C)[C@H](O)[C@H](C)[C@@H](OC(=O)CCCOC(=O)CCC(=O)Nc2ccc(CC(C=O)P(=O)(O)O)cc2)[C@@H](C)/C=C/C=C(/C)C(=O)Nc2c(=O)c3c(O)c(C)c4c(c3c3nc5c(=O)cc(N6CCN(CC(C)C)CC6)cc5oc23)=C(O)[C@@](C)(O/C=C/[C@H](C)[C@H]1C)O4. The molecule has 25 nitrogen and oxygen atoms in total. The van der Waals surface area contributed by atoms with Crippen molar-refractivity contribution in [2.24, 2.45) is 35.5 Å². The number of fused-ring (bicyclic) bond motifs is 14. The quantitative estimate of drug-likeness (QED) is 0.00898. The number of benzene rings is 4. The maximum absolute atomic E-state index is 15.2. The van der Waals surface area contributed by atoms with E-state index < -0.39 is 125 Å². The maximum atomic E-state index is 15.2. The number of carbonyl (C=O) groups excluding carboxylic acids is 6. The van der Waals surface area contributed by atoms with Gasteiger partial charge in [-0.3, -0.25) is 43.0 Å². The molecule has 1 unspecified atom stereocenters. The number of anilines is 3. The summed E-state index contributed by atoms with van der Waals surface area (Å²) >= 11 is 0. The van der Waals surface area contributed by atoms with Crippen molar-refractivity contribution in [2.45, 2.75) is 138 Å². The highest BCUT2D eigenvalue weighted by atomic mass is 31.2. The first-order chi connectivity index (χ1) is 44.3. The predicted molar refractivity (Wildman–Crippen MR) is 351 cm³/mol. The highest BCUT2D eigenvalue weighted by Gasteiger charge is 2.45. The Hall–Kier alpha value is -8.48. The number of aliphatic hydroxyl groups is 2. The van der Waals surface area contributed by atoms with Gasteiger partial charge in [0.2, 0.25) is 16.8 Å². The average molecular weight is 1320 g/mol. The molecule has 4 aliphatic heterocycles. The summed E-state index contributed by atoms with van der Waals surface area (Å²) in [5.74, 6) is -9.51. The number of carbonyl (C=O) groups is 6. The summed E-state index contributed by atoms with van der Waals surface area (Å²) in [6.45, 7) is 22.0. The Morgan fingerprint density at radius 2 is 1.55 bits per heavy atom. The standard InChI is InChI=1S/C68H84N5O20P/c1-35(2)33-72-24-26-73(27-25-72)46-31-48(76)56-49(32-46)91-65-57(70-56)53-54-60(81)42(9)64-55(53)66(83)68(11,93-64)89-29-23-36(3)39(6)63(90-43(10)75)41(8)59(80)40(7)62(37(4)14-12-15-38(5)67(84)71-58(65)61(54)82)92-52(79)16-13-28-88-51(78)22-21-50(77)69-45-19-17-44(18-20-45)30-47(34-74)94(85,86)87/h12,14-15,17-20,23,29,31-32,34-37,39-41,47,59,62-63,80-81,83H,13,16,21-22,24-28,30,33H2,1-11H3,(H,69,77)(H,71,84)(H2,85,86,87)/b14-12+,29-23+,38-15-/t36-,37-,39+,40-,41+,47?,59+,62-,63+,68-/m0/s1. The van der Waals surface area contributed by atoms with Crippen molar-refractivity contribution in [2.75, 3.05) is 54.9 Å². The summed E-state index contributed by atoms with van der Waals surface area (Å²) in [5, 5.41) is 41.3. The second-order valence-corrected chi connectivity index (χ2v) is 27.2. The van der Waals surface area contributed by atoms with Crippen LogP contribution in [-0.4, -0.2) is 140 Å². The topological polar surface area (TPSA) is 358 Å². The number of ether oxygens (including phenoxy) is 5. The average Bonchev–Trinajstić information content (AvgIpc) is 1.37. The number of hydrogen-bond donors (Lipinski definition) is 7. The Labute approximate surface area is 542 Å². The summed E-state index contributed by atoms with van der Waals surface area (Å²) in [4.78, 5) is 135. The Morgan fingerprint density at radius 1 is 0.872 bits per heavy atom. The lowest BCUT2D eigenvalue weighted by atomic mass is 9.77. The van der Waals surface area contributed by atoms with E-state index in [0.717, 1.165) is 19.6 Å². The molecule has 9 rings (SSSR count). The Morgan fingerprint density at radius 3 is 2.20 bits per heavy atom. The first kappa shape index (κ1) is 71.4. The molecule has 0 aliphatic carbocycles. The second-order valence-electron chi connectivity index (χ2n) is 25.4. The molecular weight excluding hydrogens is 1240 g/mol. The molecule has 0 saturated carbocycles. The number of phenols is 1. The lowest BCUT2D eigenvalue weighted by Crippen LogP contribution is -2.47. The largest absolute Gasteiger partial charge is 0.507 e. The number of aliphatic hydroxyl groups excluding tert-OH is 2. The van der Waals surface area contributed by atoms with Crippen LogP contribution in [-0.2, 0) is 58.7 Å². The normalized spacial score (nSPS) is 24.8. The van der Waals surface area contributed by atoms with Crippen LogP contribution in [0.1, 0.15) is 106 Å². The maximum Gasteiger partial charge on any atom is 0.336 e. The third kappa shape index (κ3) is 16.2. The molecule has 1 fully saturated rings. The van der Waals surface area contributed by atoms with Crippen LogP contribution in [0.15, 0.2) is 86.5 Å². The van der Waals surface area contributed by atoms with Gasteiger partial charge >= 0.3 is 31.3 Å². The molecule has 5 heterocycles. The molecule has 10 atom stereocenters. The van der Waals surface area contributed by atoms with Crippen LogP contribution in [0.25, 0.3) is 38.7 Å². The lowest BCUT2D eigenvalue weighted by molar-refractivity contribution is -0.164. The smallest absolute Gasteiger partial charge is 0.336 e. The second kappa shape index (κ2) is 29.9. The van der Waals surface area contributed by atoms with Gasteiger partial charge in [-0.1, -0.05) is 78.8 Å². The summed E-state index contributed by atoms with van der Waals surface area (Å²) in [5.41, 5.74) is -2.58. The van der Waals surface area contributed by atoms with E-state index in [0.29, 0.717) is 35.9 Å². The molecule has 1 saturated heterocycles. The molecule has 1 aromatic heterocycles. The number of hydrogen-bond acceptors (Lipinski definition) is 21. The minimum absolute atomic E-state index is 0.00821. The number of rotatable bonds is 17. The minimum Gasteiger partial charge on any atom is -0.507 e. The summed E-state index contributed by atoms with van der Waals surface area (Å²) in [6.07, 6.45) is 3.41. The van der Waals surface area contributed by atoms with Crippen LogP contribution in [0.4, 0.5) is 17.1 Å². The number of aromatic nitrogens is 1.